The molecule has 0 aliphatic rings. The number of phenolic OH excluding ortho intramolecular Hbond substituents is 1. The van der Waals surface area contributed by atoms with Gasteiger partial charge in [-0.15, -0.1) is 0 Å². The van der Waals surface area contributed by atoms with E-state index in [0.29, 0.717) is 0 Å². The summed E-state index contributed by atoms with van der Waals surface area (Å²) in [5, 5.41) is 45.5. The average molecular weight is 237 g/mol. The molecule has 90 valence electrons. The maximum Gasteiger partial charge on any atom is 0.335 e. The number of carboxylic acid groups (broad SMARTS) is 1. The highest BCUT2D eigenvalue weighted by Gasteiger charge is 2.21. The van der Waals surface area contributed by atoms with Crippen LogP contribution in [0.4, 0.5) is 0 Å². The van der Waals surface area contributed by atoms with E-state index in [0.717, 1.165) is 6.07 Å². The summed E-state index contributed by atoms with van der Waals surface area (Å²) in [5.41, 5.74) is -0.147. The summed E-state index contributed by atoms with van der Waals surface area (Å²) in [4.78, 5) is 10.6. The first-order valence-corrected chi connectivity index (χ1v) is 4.76. The third-order valence-corrected chi connectivity index (χ3v) is 2.26. The summed E-state index contributed by atoms with van der Waals surface area (Å²) in [7, 11) is 0. The van der Waals surface area contributed by atoms with Gasteiger partial charge in [-0.1, -0.05) is 6.07 Å². The zero-order valence-corrected chi connectivity index (χ0v) is 8.74. The first-order chi connectivity index (χ1) is 7.97. The maximum atomic E-state index is 10.6. The van der Waals surface area contributed by atoms with E-state index in [9.17, 15) is 20.1 Å². The highest BCUT2D eigenvalue weighted by Crippen LogP contribution is 2.28. The van der Waals surface area contributed by atoms with E-state index in [1.807, 2.05) is 0 Å². The van der Waals surface area contributed by atoms with Crippen molar-refractivity contribution >= 4 is 5.97 Å². The van der Waals surface area contributed by atoms with Crippen molar-refractivity contribution in [1.29, 1.82) is 5.26 Å². The zero-order chi connectivity index (χ0) is 13.0. The fourth-order valence-electron chi connectivity index (χ4n) is 1.34. The van der Waals surface area contributed by atoms with Crippen LogP contribution in [-0.4, -0.2) is 32.5 Å². The quantitative estimate of drug-likeness (QED) is 0.601. The maximum absolute atomic E-state index is 10.6. The number of aliphatic hydroxyl groups excluding tert-OH is 2. The number of phenols is 1. The van der Waals surface area contributed by atoms with Gasteiger partial charge in [-0.3, -0.25) is 0 Å². The molecule has 6 heteroatoms. The van der Waals surface area contributed by atoms with Gasteiger partial charge >= 0.3 is 5.97 Å². The van der Waals surface area contributed by atoms with Crippen molar-refractivity contribution in [3.8, 4) is 11.8 Å². The van der Waals surface area contributed by atoms with Crippen molar-refractivity contribution in [2.75, 3.05) is 0 Å². The molecule has 4 N–H and O–H groups in total. The lowest BCUT2D eigenvalue weighted by Gasteiger charge is -2.16. The Bertz CT molecular complexity index is 465. The van der Waals surface area contributed by atoms with E-state index < -0.39 is 23.9 Å². The van der Waals surface area contributed by atoms with E-state index in [2.05, 4.69) is 0 Å². The van der Waals surface area contributed by atoms with Gasteiger partial charge < -0.3 is 20.4 Å². The number of aromatic carboxylic acids is 1. The van der Waals surface area contributed by atoms with E-state index in [1.165, 1.54) is 12.1 Å². The molecule has 0 saturated carbocycles. The van der Waals surface area contributed by atoms with Crippen LogP contribution in [-0.2, 0) is 0 Å². The minimum atomic E-state index is -1.43. The summed E-state index contributed by atoms with van der Waals surface area (Å²) in [5.74, 6) is -1.65. The molecule has 2 unspecified atom stereocenters. The molecule has 6 nitrogen and oxygen atoms in total. The molecule has 0 fully saturated rings. The van der Waals surface area contributed by atoms with Crippen LogP contribution in [0.5, 0.6) is 5.75 Å². The van der Waals surface area contributed by atoms with Crippen LogP contribution >= 0.6 is 0 Å². The smallest absolute Gasteiger partial charge is 0.335 e. The Morgan fingerprint density at radius 1 is 1.41 bits per heavy atom. The molecule has 0 spiro atoms. The number of rotatable bonds is 4. The van der Waals surface area contributed by atoms with Gasteiger partial charge in [0, 0.05) is 5.56 Å². The number of hydrogen-bond acceptors (Lipinski definition) is 5. The summed E-state index contributed by atoms with van der Waals surface area (Å²) in [6.07, 6.45) is -3.06. The van der Waals surface area contributed by atoms with E-state index in [1.54, 1.807) is 6.07 Å². The molecule has 0 aliphatic heterocycles. The number of aromatic hydroxyl groups is 1. The standard InChI is InChI=1S/C11H11NO5/c12-4-3-8(13)10(15)7-2-1-6(11(16)17)5-9(7)14/h1-2,5,8,10,13-15H,3H2,(H,16,17). The molecule has 0 heterocycles. The first-order valence-electron chi connectivity index (χ1n) is 4.76. The van der Waals surface area contributed by atoms with Crippen LogP contribution in [0.3, 0.4) is 0 Å². The molecule has 0 amide bonds. The van der Waals surface area contributed by atoms with Crippen molar-refractivity contribution in [1.82, 2.24) is 0 Å². The van der Waals surface area contributed by atoms with Gasteiger partial charge in [0.1, 0.15) is 11.9 Å². The number of hydrogen-bond donors (Lipinski definition) is 4. The van der Waals surface area contributed by atoms with E-state index in [-0.39, 0.29) is 17.5 Å². The highest BCUT2D eigenvalue weighted by molar-refractivity contribution is 5.88. The Kier molecular flexibility index (Phi) is 4.04. The molecule has 1 rings (SSSR count). The summed E-state index contributed by atoms with van der Waals surface area (Å²) in [6.45, 7) is 0. The Morgan fingerprint density at radius 3 is 2.53 bits per heavy atom. The summed E-state index contributed by atoms with van der Waals surface area (Å²) < 4.78 is 0. The molecule has 0 saturated heterocycles. The lowest BCUT2D eigenvalue weighted by Crippen LogP contribution is -2.17. The average Bonchev–Trinajstić information content (AvgIpc) is 2.28. The monoisotopic (exact) mass is 237 g/mol. The Balaban J connectivity index is 3.00. The molecule has 17 heavy (non-hydrogen) atoms. The number of aliphatic hydroxyl groups is 2. The largest absolute Gasteiger partial charge is 0.508 e. The van der Waals surface area contributed by atoms with Gasteiger partial charge in [-0.2, -0.15) is 5.26 Å². The molecule has 0 radical (unpaired) electrons. The van der Waals surface area contributed by atoms with E-state index in [4.69, 9.17) is 10.4 Å². The highest BCUT2D eigenvalue weighted by atomic mass is 16.4. The zero-order valence-electron chi connectivity index (χ0n) is 8.74. The Labute approximate surface area is 97.0 Å². The summed E-state index contributed by atoms with van der Waals surface area (Å²) >= 11 is 0. The van der Waals surface area contributed by atoms with Crippen LogP contribution in [0.15, 0.2) is 18.2 Å². The predicted octanol–water partition coefficient (Wildman–Crippen LogP) is 0.398. The molecule has 0 aliphatic carbocycles. The second-order valence-electron chi connectivity index (χ2n) is 3.45. The number of carbonyl (C=O) groups is 1. The Hall–Kier alpha value is -2.10. The van der Waals surface area contributed by atoms with Crippen molar-refractivity contribution in [3.05, 3.63) is 29.3 Å². The second-order valence-corrected chi connectivity index (χ2v) is 3.45. The van der Waals surface area contributed by atoms with Crippen molar-refractivity contribution < 1.29 is 25.2 Å². The first kappa shape index (κ1) is 13.0. The third-order valence-electron chi connectivity index (χ3n) is 2.26. The van der Waals surface area contributed by atoms with Gasteiger partial charge in [-0.25, -0.2) is 4.79 Å². The molecule has 0 aromatic heterocycles. The minimum absolute atomic E-state index is 0.0160. The van der Waals surface area contributed by atoms with Gasteiger partial charge in [-0.05, 0) is 12.1 Å². The van der Waals surface area contributed by atoms with Gasteiger partial charge in [0.25, 0.3) is 0 Å². The van der Waals surface area contributed by atoms with Gasteiger partial charge in [0.05, 0.1) is 24.2 Å². The number of carboxylic acids is 1. The van der Waals surface area contributed by atoms with Crippen LogP contribution in [0.1, 0.15) is 28.4 Å². The topological polar surface area (TPSA) is 122 Å². The summed E-state index contributed by atoms with van der Waals surface area (Å²) in [6, 6.07) is 5.05. The van der Waals surface area contributed by atoms with Crippen LogP contribution < -0.4 is 0 Å². The lowest BCUT2D eigenvalue weighted by atomic mass is 10.00. The third kappa shape index (κ3) is 2.93. The molecular weight excluding hydrogens is 226 g/mol. The number of nitriles is 1. The molecule has 1 aromatic carbocycles. The Morgan fingerprint density at radius 2 is 2.06 bits per heavy atom. The molecule has 0 bridgehead atoms. The predicted molar refractivity (Wildman–Crippen MR) is 56.3 cm³/mol. The van der Waals surface area contributed by atoms with Crippen molar-refractivity contribution in [2.24, 2.45) is 0 Å². The number of benzene rings is 1. The molecule has 1 aromatic rings. The van der Waals surface area contributed by atoms with Gasteiger partial charge in [0.2, 0.25) is 0 Å². The van der Waals surface area contributed by atoms with Crippen LogP contribution in [0.2, 0.25) is 0 Å². The van der Waals surface area contributed by atoms with E-state index >= 15 is 0 Å². The van der Waals surface area contributed by atoms with Crippen molar-refractivity contribution in [2.45, 2.75) is 18.6 Å². The lowest BCUT2D eigenvalue weighted by molar-refractivity contribution is 0.0202. The fraction of sp³-hybridized carbons (Fsp3) is 0.273. The van der Waals surface area contributed by atoms with Crippen LogP contribution in [0, 0.1) is 11.3 Å². The van der Waals surface area contributed by atoms with Gasteiger partial charge in [0.15, 0.2) is 0 Å². The number of nitrogens with zero attached hydrogens (tertiary/aromatic N) is 1. The minimum Gasteiger partial charge on any atom is -0.508 e. The van der Waals surface area contributed by atoms with Crippen molar-refractivity contribution in [3.63, 3.8) is 0 Å². The molecular formula is C11H11NO5. The normalized spacial score (nSPS) is 13.7. The SMILES string of the molecule is N#CCC(O)C(O)c1ccc(C(=O)O)cc1O. The fourth-order valence-corrected chi connectivity index (χ4v) is 1.34. The second kappa shape index (κ2) is 5.30. The van der Waals surface area contributed by atoms with Crippen LogP contribution in [0.25, 0.3) is 0 Å². The molecule has 2 atom stereocenters.